The number of carbonyl (C=O) groups excluding carboxylic acids is 2. The molecular formula is C24H32N4O5. The van der Waals surface area contributed by atoms with Crippen LogP contribution in [0.2, 0.25) is 0 Å². The minimum atomic E-state index is -0.443. The van der Waals surface area contributed by atoms with Gasteiger partial charge in [-0.15, -0.1) is 0 Å². The maximum Gasteiger partial charge on any atom is 0.323 e. The lowest BCUT2D eigenvalue weighted by atomic mass is 10.1. The molecule has 2 aromatic rings. The van der Waals surface area contributed by atoms with E-state index < -0.39 is 6.03 Å². The first-order valence-corrected chi connectivity index (χ1v) is 11.0. The van der Waals surface area contributed by atoms with Crippen LogP contribution in [-0.2, 0) is 4.74 Å². The zero-order valence-corrected chi connectivity index (χ0v) is 19.4. The number of amides is 3. The van der Waals surface area contributed by atoms with Gasteiger partial charge in [0.1, 0.15) is 11.5 Å². The van der Waals surface area contributed by atoms with Gasteiger partial charge in [0.05, 0.1) is 26.4 Å². The molecule has 1 fully saturated rings. The van der Waals surface area contributed by atoms with Gasteiger partial charge in [-0.2, -0.15) is 0 Å². The monoisotopic (exact) mass is 456 g/mol. The van der Waals surface area contributed by atoms with Crippen LogP contribution in [-0.4, -0.2) is 59.5 Å². The van der Waals surface area contributed by atoms with E-state index in [0.29, 0.717) is 41.6 Å². The van der Waals surface area contributed by atoms with Gasteiger partial charge in [-0.25, -0.2) is 4.79 Å². The predicted molar refractivity (Wildman–Crippen MR) is 129 cm³/mol. The molecule has 0 spiro atoms. The highest BCUT2D eigenvalue weighted by Gasteiger charge is 2.19. The van der Waals surface area contributed by atoms with Crippen molar-refractivity contribution in [2.24, 2.45) is 0 Å². The molecule has 0 bridgehead atoms. The Labute approximate surface area is 194 Å². The molecule has 2 aromatic carbocycles. The standard InChI is InChI=1S/C24H32N4O5/c1-31-12-9-25-23(29)21-15-17(7-8-22(21)28-10-5-4-6-11-28)26-24(30)27-18-13-19(32-2)16-20(14-18)33-3/h7-8,13-16H,4-6,9-12H2,1-3H3,(H,25,29)(H2,26,27,30). The van der Waals surface area contributed by atoms with Gasteiger partial charge < -0.3 is 35.1 Å². The van der Waals surface area contributed by atoms with E-state index in [0.717, 1.165) is 31.6 Å². The summed E-state index contributed by atoms with van der Waals surface area (Å²) in [5.41, 5.74) is 2.42. The van der Waals surface area contributed by atoms with Gasteiger partial charge in [0.15, 0.2) is 0 Å². The molecule has 1 heterocycles. The zero-order valence-electron chi connectivity index (χ0n) is 19.4. The quantitative estimate of drug-likeness (QED) is 0.497. The maximum atomic E-state index is 12.9. The number of carbonyl (C=O) groups is 2. The summed E-state index contributed by atoms with van der Waals surface area (Å²) >= 11 is 0. The summed E-state index contributed by atoms with van der Waals surface area (Å²) < 4.78 is 15.5. The minimum absolute atomic E-state index is 0.200. The van der Waals surface area contributed by atoms with Gasteiger partial charge in [-0.3, -0.25) is 4.79 Å². The lowest BCUT2D eigenvalue weighted by Crippen LogP contribution is -2.33. The number of benzene rings is 2. The van der Waals surface area contributed by atoms with Crippen LogP contribution >= 0.6 is 0 Å². The van der Waals surface area contributed by atoms with Crippen molar-refractivity contribution in [1.29, 1.82) is 0 Å². The van der Waals surface area contributed by atoms with E-state index in [4.69, 9.17) is 14.2 Å². The van der Waals surface area contributed by atoms with Gasteiger partial charge >= 0.3 is 6.03 Å². The van der Waals surface area contributed by atoms with Crippen LogP contribution in [0.4, 0.5) is 21.9 Å². The molecule has 0 radical (unpaired) electrons. The molecule has 0 saturated carbocycles. The number of hydrogen-bond acceptors (Lipinski definition) is 6. The highest BCUT2D eigenvalue weighted by molar-refractivity contribution is 6.04. The van der Waals surface area contributed by atoms with Crippen LogP contribution in [0.15, 0.2) is 36.4 Å². The molecule has 33 heavy (non-hydrogen) atoms. The molecule has 0 atom stereocenters. The average molecular weight is 457 g/mol. The molecule has 3 N–H and O–H groups in total. The van der Waals surface area contributed by atoms with Crippen LogP contribution in [0.5, 0.6) is 11.5 Å². The largest absolute Gasteiger partial charge is 0.497 e. The first-order valence-electron chi connectivity index (χ1n) is 11.0. The first-order chi connectivity index (χ1) is 16.0. The van der Waals surface area contributed by atoms with E-state index in [2.05, 4.69) is 20.9 Å². The summed E-state index contributed by atoms with van der Waals surface area (Å²) in [7, 11) is 4.68. The fourth-order valence-electron chi connectivity index (χ4n) is 3.74. The van der Waals surface area contributed by atoms with E-state index in [1.165, 1.54) is 6.42 Å². The lowest BCUT2D eigenvalue weighted by Gasteiger charge is -2.30. The molecule has 1 saturated heterocycles. The number of nitrogens with zero attached hydrogens (tertiary/aromatic N) is 1. The predicted octanol–water partition coefficient (Wildman–Crippen LogP) is 3.71. The van der Waals surface area contributed by atoms with E-state index in [9.17, 15) is 9.59 Å². The summed E-state index contributed by atoms with van der Waals surface area (Å²) in [6.45, 7) is 2.65. The van der Waals surface area contributed by atoms with Crippen molar-refractivity contribution < 1.29 is 23.8 Å². The number of hydrogen-bond donors (Lipinski definition) is 3. The molecule has 0 aliphatic carbocycles. The van der Waals surface area contributed by atoms with Crippen LogP contribution in [0.1, 0.15) is 29.6 Å². The van der Waals surface area contributed by atoms with E-state index in [-0.39, 0.29) is 5.91 Å². The van der Waals surface area contributed by atoms with Crippen molar-refractivity contribution in [3.8, 4) is 11.5 Å². The third kappa shape index (κ3) is 6.76. The Morgan fingerprint density at radius 3 is 2.18 bits per heavy atom. The van der Waals surface area contributed by atoms with Gasteiger partial charge in [0.2, 0.25) is 0 Å². The SMILES string of the molecule is COCCNC(=O)c1cc(NC(=O)Nc2cc(OC)cc(OC)c2)ccc1N1CCCCC1. The summed E-state index contributed by atoms with van der Waals surface area (Å²) in [5, 5.41) is 8.45. The molecule has 178 valence electrons. The number of anilines is 3. The van der Waals surface area contributed by atoms with Crippen LogP contribution < -0.4 is 30.3 Å². The van der Waals surface area contributed by atoms with Crippen LogP contribution in [0, 0.1) is 0 Å². The van der Waals surface area contributed by atoms with Crippen molar-refractivity contribution in [1.82, 2.24) is 5.32 Å². The van der Waals surface area contributed by atoms with Gasteiger partial charge in [-0.05, 0) is 37.5 Å². The summed E-state index contributed by atoms with van der Waals surface area (Å²) in [5.74, 6) is 0.922. The Kier molecular flexibility index (Phi) is 8.77. The number of ether oxygens (including phenoxy) is 3. The van der Waals surface area contributed by atoms with Gasteiger partial charge in [0, 0.05) is 62.0 Å². The number of rotatable bonds is 9. The Morgan fingerprint density at radius 1 is 0.879 bits per heavy atom. The Hall–Kier alpha value is -3.46. The van der Waals surface area contributed by atoms with E-state index >= 15 is 0 Å². The number of urea groups is 1. The van der Waals surface area contributed by atoms with E-state index in [1.54, 1.807) is 45.6 Å². The summed E-state index contributed by atoms with van der Waals surface area (Å²) in [4.78, 5) is 27.8. The molecular weight excluding hydrogens is 424 g/mol. The first kappa shape index (κ1) is 24.2. The second-order valence-corrected chi connectivity index (χ2v) is 7.71. The van der Waals surface area contributed by atoms with Crippen molar-refractivity contribution in [3.05, 3.63) is 42.0 Å². The second kappa shape index (κ2) is 12.0. The Balaban J connectivity index is 1.77. The van der Waals surface area contributed by atoms with Crippen LogP contribution in [0.25, 0.3) is 0 Å². The van der Waals surface area contributed by atoms with Crippen molar-refractivity contribution in [2.45, 2.75) is 19.3 Å². The highest BCUT2D eigenvalue weighted by atomic mass is 16.5. The average Bonchev–Trinajstić information content (AvgIpc) is 2.84. The summed E-state index contributed by atoms with van der Waals surface area (Å²) in [6, 6.07) is 10.1. The normalized spacial score (nSPS) is 13.2. The molecule has 3 rings (SSSR count). The molecule has 1 aliphatic heterocycles. The Morgan fingerprint density at radius 2 is 1.55 bits per heavy atom. The van der Waals surface area contributed by atoms with Gasteiger partial charge in [-0.1, -0.05) is 0 Å². The third-order valence-electron chi connectivity index (χ3n) is 5.40. The molecule has 1 aliphatic rings. The maximum absolute atomic E-state index is 12.9. The minimum Gasteiger partial charge on any atom is -0.497 e. The smallest absolute Gasteiger partial charge is 0.323 e. The number of methoxy groups -OCH3 is 3. The summed E-state index contributed by atoms with van der Waals surface area (Å²) in [6.07, 6.45) is 3.38. The lowest BCUT2D eigenvalue weighted by molar-refractivity contribution is 0.0937. The zero-order chi connectivity index (χ0) is 23.6. The fourth-order valence-corrected chi connectivity index (χ4v) is 3.74. The molecule has 3 amide bonds. The number of nitrogens with one attached hydrogen (secondary N) is 3. The topological polar surface area (TPSA) is 101 Å². The molecule has 9 nitrogen and oxygen atoms in total. The Bertz CT molecular complexity index is 938. The highest BCUT2D eigenvalue weighted by Crippen LogP contribution is 2.28. The third-order valence-corrected chi connectivity index (χ3v) is 5.40. The van der Waals surface area contributed by atoms with Crippen molar-refractivity contribution >= 4 is 29.0 Å². The van der Waals surface area contributed by atoms with Gasteiger partial charge in [0.25, 0.3) is 5.91 Å². The molecule has 0 aromatic heterocycles. The second-order valence-electron chi connectivity index (χ2n) is 7.71. The number of piperidine rings is 1. The molecule has 0 unspecified atom stereocenters. The van der Waals surface area contributed by atoms with E-state index in [1.807, 2.05) is 12.1 Å². The van der Waals surface area contributed by atoms with Crippen molar-refractivity contribution in [3.63, 3.8) is 0 Å². The van der Waals surface area contributed by atoms with Crippen LogP contribution in [0.3, 0.4) is 0 Å². The van der Waals surface area contributed by atoms with Crippen molar-refractivity contribution in [2.75, 3.05) is 63.1 Å². The fraction of sp³-hybridized carbons (Fsp3) is 0.417. The molecule has 9 heteroatoms.